The lowest BCUT2D eigenvalue weighted by Crippen LogP contribution is -2.38. The van der Waals surface area contributed by atoms with Crippen molar-refractivity contribution in [3.63, 3.8) is 0 Å². The van der Waals surface area contributed by atoms with E-state index in [9.17, 15) is 14.7 Å². The zero-order chi connectivity index (χ0) is 24.1. The van der Waals surface area contributed by atoms with Crippen LogP contribution in [0, 0.1) is 6.92 Å². The number of para-hydroxylation sites is 1. The first-order valence-corrected chi connectivity index (χ1v) is 11.3. The molecule has 0 radical (unpaired) electrons. The summed E-state index contributed by atoms with van der Waals surface area (Å²) in [5, 5.41) is 14.0. The number of likely N-dealkylation sites (N-methyl/N-ethyl adjacent to an activating group) is 1. The van der Waals surface area contributed by atoms with Crippen LogP contribution in [0.15, 0.2) is 33.9 Å². The Kier molecular flexibility index (Phi) is 7.93. The van der Waals surface area contributed by atoms with Gasteiger partial charge >= 0.3 is 5.69 Å². The van der Waals surface area contributed by atoms with Gasteiger partial charge in [0.15, 0.2) is 11.2 Å². The number of hydrogen-bond acceptors (Lipinski definition) is 7. The molecule has 0 fully saturated rings. The molecule has 2 N–H and O–H groups in total. The van der Waals surface area contributed by atoms with Gasteiger partial charge in [0.25, 0.3) is 5.56 Å². The quantitative estimate of drug-likeness (QED) is 0.440. The number of nitrogens with one attached hydrogen (secondary N) is 1. The topological polar surface area (TPSA) is 107 Å². The van der Waals surface area contributed by atoms with Crippen molar-refractivity contribution in [1.29, 1.82) is 0 Å². The summed E-state index contributed by atoms with van der Waals surface area (Å²) in [6.45, 7) is 9.54. The zero-order valence-electron chi connectivity index (χ0n) is 20.0. The fourth-order valence-corrected chi connectivity index (χ4v) is 3.79. The number of hydrogen-bond donors (Lipinski definition) is 2. The lowest BCUT2D eigenvalue weighted by atomic mass is 10.2. The Morgan fingerprint density at radius 1 is 1.15 bits per heavy atom. The Morgan fingerprint density at radius 2 is 1.85 bits per heavy atom. The highest BCUT2D eigenvalue weighted by Crippen LogP contribution is 2.19. The Bertz CT molecular complexity index is 1210. The highest BCUT2D eigenvalue weighted by molar-refractivity contribution is 5.74. The third-order valence-corrected chi connectivity index (χ3v) is 5.87. The third kappa shape index (κ3) is 5.28. The first-order chi connectivity index (χ1) is 15.8. The van der Waals surface area contributed by atoms with E-state index in [0.717, 1.165) is 29.8 Å². The molecule has 0 unspecified atom stereocenters. The van der Waals surface area contributed by atoms with Gasteiger partial charge in [0.1, 0.15) is 18.5 Å². The molecule has 0 amide bonds. The van der Waals surface area contributed by atoms with Gasteiger partial charge in [-0.2, -0.15) is 4.98 Å². The van der Waals surface area contributed by atoms with E-state index in [4.69, 9.17) is 4.74 Å². The van der Waals surface area contributed by atoms with Gasteiger partial charge in [0, 0.05) is 27.2 Å². The maximum absolute atomic E-state index is 13.0. The van der Waals surface area contributed by atoms with Gasteiger partial charge in [0.05, 0.1) is 6.54 Å². The van der Waals surface area contributed by atoms with Crippen LogP contribution >= 0.6 is 0 Å². The number of anilines is 1. The number of imidazole rings is 1. The third-order valence-electron chi connectivity index (χ3n) is 5.87. The Balaban J connectivity index is 1.90. The average molecular weight is 459 g/mol. The van der Waals surface area contributed by atoms with E-state index in [0.29, 0.717) is 18.2 Å². The van der Waals surface area contributed by atoms with Crippen LogP contribution in [-0.2, 0) is 20.6 Å². The second kappa shape index (κ2) is 10.7. The molecular weight excluding hydrogens is 424 g/mol. The number of rotatable bonds is 11. The summed E-state index contributed by atoms with van der Waals surface area (Å²) in [6, 6.07) is 7.58. The predicted octanol–water partition coefficient (Wildman–Crippen LogP) is 0.936. The normalized spacial score (nSPS) is 12.5. The SMILES string of the molecule is CCN(CC)CCNc1nc2c(c(=O)n(C)c(=O)n2C)n1C[C@@H](O)COc1ccccc1C. The van der Waals surface area contributed by atoms with Crippen molar-refractivity contribution in [3.05, 3.63) is 50.7 Å². The van der Waals surface area contributed by atoms with Crippen molar-refractivity contribution < 1.29 is 9.84 Å². The predicted molar refractivity (Wildman–Crippen MR) is 129 cm³/mol. The smallest absolute Gasteiger partial charge is 0.332 e. The van der Waals surface area contributed by atoms with E-state index < -0.39 is 17.4 Å². The number of fused-ring (bicyclic) bond motifs is 1. The second-order valence-electron chi connectivity index (χ2n) is 8.11. The van der Waals surface area contributed by atoms with E-state index in [1.807, 2.05) is 31.2 Å². The summed E-state index contributed by atoms with van der Waals surface area (Å²) in [5.41, 5.74) is 0.612. The summed E-state index contributed by atoms with van der Waals surface area (Å²) in [6.07, 6.45) is -0.896. The second-order valence-corrected chi connectivity index (χ2v) is 8.11. The molecule has 0 bridgehead atoms. The molecule has 33 heavy (non-hydrogen) atoms. The fraction of sp³-hybridized carbons (Fsp3) is 0.522. The maximum Gasteiger partial charge on any atom is 0.332 e. The molecule has 0 saturated heterocycles. The number of aliphatic hydroxyl groups excluding tert-OH is 1. The van der Waals surface area contributed by atoms with Gasteiger partial charge in [-0.3, -0.25) is 13.9 Å². The Labute approximate surface area is 193 Å². The largest absolute Gasteiger partial charge is 0.491 e. The van der Waals surface area contributed by atoms with Crippen LogP contribution in [0.4, 0.5) is 5.95 Å². The molecule has 10 nitrogen and oxygen atoms in total. The van der Waals surface area contributed by atoms with Gasteiger partial charge < -0.3 is 24.6 Å². The molecule has 2 aromatic heterocycles. The van der Waals surface area contributed by atoms with Crippen molar-refractivity contribution in [1.82, 2.24) is 23.6 Å². The highest BCUT2D eigenvalue weighted by Gasteiger charge is 2.21. The maximum atomic E-state index is 13.0. The van der Waals surface area contributed by atoms with Crippen LogP contribution in [-0.4, -0.2) is 67.6 Å². The minimum absolute atomic E-state index is 0.0511. The number of aliphatic hydroxyl groups is 1. The molecule has 3 aromatic rings. The molecule has 2 heterocycles. The van der Waals surface area contributed by atoms with Crippen molar-refractivity contribution >= 4 is 17.1 Å². The molecule has 0 saturated carbocycles. The molecule has 0 aliphatic rings. The lowest BCUT2D eigenvalue weighted by Gasteiger charge is -2.19. The Morgan fingerprint density at radius 3 is 2.52 bits per heavy atom. The average Bonchev–Trinajstić information content (AvgIpc) is 3.16. The molecule has 1 atom stereocenters. The van der Waals surface area contributed by atoms with E-state index in [-0.39, 0.29) is 24.3 Å². The summed E-state index contributed by atoms with van der Waals surface area (Å²) in [5.74, 6) is 1.13. The van der Waals surface area contributed by atoms with Crippen LogP contribution in [0.2, 0.25) is 0 Å². The number of nitrogens with zero attached hydrogens (tertiary/aromatic N) is 5. The number of ether oxygens (including phenoxy) is 1. The van der Waals surface area contributed by atoms with Crippen LogP contribution in [0.25, 0.3) is 11.2 Å². The van der Waals surface area contributed by atoms with E-state index in [1.54, 1.807) is 11.6 Å². The summed E-state index contributed by atoms with van der Waals surface area (Å²) in [4.78, 5) is 32.2. The van der Waals surface area contributed by atoms with Crippen LogP contribution in [0.3, 0.4) is 0 Å². The lowest BCUT2D eigenvalue weighted by molar-refractivity contribution is 0.0935. The zero-order valence-corrected chi connectivity index (χ0v) is 20.0. The minimum Gasteiger partial charge on any atom is -0.491 e. The molecule has 0 aliphatic heterocycles. The molecule has 180 valence electrons. The highest BCUT2D eigenvalue weighted by atomic mass is 16.5. The molecule has 3 rings (SSSR count). The van der Waals surface area contributed by atoms with E-state index in [1.165, 1.54) is 11.6 Å². The van der Waals surface area contributed by atoms with Crippen LogP contribution in [0.5, 0.6) is 5.75 Å². The number of aromatic nitrogens is 4. The first kappa shape index (κ1) is 24.5. The van der Waals surface area contributed by atoms with Crippen molar-refractivity contribution in [2.45, 2.75) is 33.4 Å². The number of benzene rings is 1. The molecule has 0 spiro atoms. The van der Waals surface area contributed by atoms with E-state index >= 15 is 0 Å². The fourth-order valence-electron chi connectivity index (χ4n) is 3.79. The standard InChI is InChI=1S/C23H34N6O4/c1-6-28(7-2)13-12-24-22-25-20-19(21(31)27(5)23(32)26(20)4)29(22)14-17(30)15-33-18-11-9-8-10-16(18)3/h8-11,17,30H,6-7,12-15H2,1-5H3,(H,24,25)/t17-/m1/s1. The summed E-state index contributed by atoms with van der Waals surface area (Å²) >= 11 is 0. The van der Waals surface area contributed by atoms with Crippen LogP contribution < -0.4 is 21.3 Å². The van der Waals surface area contributed by atoms with Crippen LogP contribution in [0.1, 0.15) is 19.4 Å². The Hall–Kier alpha value is -3.11. The van der Waals surface area contributed by atoms with E-state index in [2.05, 4.69) is 29.0 Å². The monoisotopic (exact) mass is 458 g/mol. The van der Waals surface area contributed by atoms with Crippen molar-refractivity contribution in [2.75, 3.05) is 38.1 Å². The van der Waals surface area contributed by atoms with Crippen molar-refractivity contribution in [2.24, 2.45) is 14.1 Å². The summed E-state index contributed by atoms with van der Waals surface area (Å²) < 4.78 is 9.83. The summed E-state index contributed by atoms with van der Waals surface area (Å²) in [7, 11) is 3.02. The van der Waals surface area contributed by atoms with Gasteiger partial charge in [-0.25, -0.2) is 4.79 Å². The van der Waals surface area contributed by atoms with Crippen molar-refractivity contribution in [3.8, 4) is 5.75 Å². The molecule has 10 heteroatoms. The molecular formula is C23H34N6O4. The molecule has 1 aromatic carbocycles. The van der Waals surface area contributed by atoms with Gasteiger partial charge in [0.2, 0.25) is 5.95 Å². The number of aryl methyl sites for hydroxylation is 2. The van der Waals surface area contributed by atoms with Gasteiger partial charge in [-0.15, -0.1) is 0 Å². The molecule has 0 aliphatic carbocycles. The minimum atomic E-state index is -0.896. The first-order valence-electron chi connectivity index (χ1n) is 11.3. The van der Waals surface area contributed by atoms with Gasteiger partial charge in [-0.05, 0) is 31.6 Å². The van der Waals surface area contributed by atoms with Gasteiger partial charge in [-0.1, -0.05) is 32.0 Å².